The molecular formula is C28H26N2O7S. The molecule has 0 spiro atoms. The quantitative estimate of drug-likeness (QED) is 0.211. The zero-order chi connectivity index (χ0) is 27.1. The third-order valence-electron chi connectivity index (χ3n) is 6.50. The molecule has 0 radical (unpaired) electrons. The summed E-state index contributed by atoms with van der Waals surface area (Å²) in [7, 11) is 1.54. The van der Waals surface area contributed by atoms with E-state index in [0.29, 0.717) is 29.0 Å². The smallest absolute Gasteiger partial charge is 0.350 e. The van der Waals surface area contributed by atoms with Crippen molar-refractivity contribution < 1.29 is 33.7 Å². The topological polar surface area (TPSA) is 115 Å². The summed E-state index contributed by atoms with van der Waals surface area (Å²) in [4.78, 5) is 45.2. The molecule has 38 heavy (non-hydrogen) atoms. The van der Waals surface area contributed by atoms with Crippen LogP contribution < -0.4 is 14.4 Å². The van der Waals surface area contributed by atoms with Crippen molar-refractivity contribution >= 4 is 39.9 Å². The molecule has 196 valence electrons. The van der Waals surface area contributed by atoms with Gasteiger partial charge in [0, 0.05) is 12.0 Å². The molecule has 1 saturated heterocycles. The summed E-state index contributed by atoms with van der Waals surface area (Å²) in [5.41, 5.74) is 2.19. The lowest BCUT2D eigenvalue weighted by Crippen LogP contribution is -2.29. The number of benzene rings is 2. The molecule has 2 atom stereocenters. The summed E-state index contributed by atoms with van der Waals surface area (Å²) < 4.78 is 16.1. The van der Waals surface area contributed by atoms with E-state index in [1.54, 1.807) is 56.3 Å². The third-order valence-corrected chi connectivity index (χ3v) is 7.63. The molecule has 1 N–H and O–H groups in total. The number of carbonyl (C=O) groups excluding carboxylic acids is 3. The summed E-state index contributed by atoms with van der Waals surface area (Å²) in [6, 6.07) is 11.1. The summed E-state index contributed by atoms with van der Waals surface area (Å²) in [5, 5.41) is 11.6. The number of hydrogen-bond donors (Lipinski definition) is 1. The Morgan fingerprint density at radius 3 is 2.63 bits per heavy atom. The summed E-state index contributed by atoms with van der Waals surface area (Å²) in [5.74, 6) is -1.23. The van der Waals surface area contributed by atoms with Gasteiger partial charge in [0.25, 0.3) is 5.78 Å². The zero-order valence-corrected chi connectivity index (χ0v) is 22.1. The number of hydrogen-bond acceptors (Lipinski definition) is 9. The second-order valence-corrected chi connectivity index (χ2v) is 10.0. The van der Waals surface area contributed by atoms with Crippen molar-refractivity contribution in [2.24, 2.45) is 0 Å². The number of thiazole rings is 1. The average molecular weight is 535 g/mol. The van der Waals surface area contributed by atoms with Gasteiger partial charge in [-0.05, 0) is 62.2 Å². The lowest BCUT2D eigenvalue weighted by molar-refractivity contribution is -0.132. The van der Waals surface area contributed by atoms with Crippen LogP contribution in [0.25, 0.3) is 5.76 Å². The first-order valence-electron chi connectivity index (χ1n) is 12.1. The highest BCUT2D eigenvalue weighted by atomic mass is 32.1. The van der Waals surface area contributed by atoms with Gasteiger partial charge >= 0.3 is 11.9 Å². The number of esters is 1. The van der Waals surface area contributed by atoms with E-state index in [9.17, 15) is 19.5 Å². The molecule has 2 aliphatic rings. The second-order valence-electron chi connectivity index (χ2n) is 9.03. The fourth-order valence-corrected chi connectivity index (χ4v) is 5.71. The number of ketones is 1. The Morgan fingerprint density at radius 1 is 1.21 bits per heavy atom. The Kier molecular flexibility index (Phi) is 6.66. The number of nitrogens with zero attached hydrogens (tertiary/aromatic N) is 2. The molecule has 3 heterocycles. The Labute approximate surface area is 223 Å². The molecule has 3 aromatic rings. The summed E-state index contributed by atoms with van der Waals surface area (Å²) >= 11 is 0.965. The minimum atomic E-state index is -0.982. The SMILES string of the molecule is CCOC(=O)c1sc(N2C(=O)C(=O)C(=C(O)c3ccc4c(c3)C[C@@H](C)O4)[C@@H]2c2ccc(OC)cc2)nc1C. The predicted molar refractivity (Wildman–Crippen MR) is 141 cm³/mol. The third kappa shape index (κ3) is 4.30. The van der Waals surface area contributed by atoms with E-state index >= 15 is 0 Å². The van der Waals surface area contributed by atoms with Gasteiger partial charge in [-0.3, -0.25) is 14.5 Å². The van der Waals surface area contributed by atoms with Gasteiger partial charge in [0.1, 0.15) is 28.2 Å². The highest BCUT2D eigenvalue weighted by Crippen LogP contribution is 2.44. The molecule has 0 aliphatic carbocycles. The number of fused-ring (bicyclic) bond motifs is 1. The molecule has 2 aliphatic heterocycles. The highest BCUT2D eigenvalue weighted by Gasteiger charge is 2.48. The molecule has 10 heteroatoms. The van der Waals surface area contributed by atoms with Gasteiger partial charge in [-0.25, -0.2) is 9.78 Å². The van der Waals surface area contributed by atoms with E-state index in [1.165, 1.54) is 12.0 Å². The minimum Gasteiger partial charge on any atom is -0.507 e. The first-order valence-corrected chi connectivity index (χ1v) is 12.9. The molecule has 1 amide bonds. The van der Waals surface area contributed by atoms with Crippen LogP contribution in [0.3, 0.4) is 0 Å². The number of ether oxygens (including phenoxy) is 3. The lowest BCUT2D eigenvalue weighted by Gasteiger charge is -2.23. The van der Waals surface area contributed by atoms with Crippen LogP contribution in [-0.2, 0) is 20.7 Å². The Hall–Kier alpha value is -4.18. The van der Waals surface area contributed by atoms with E-state index in [2.05, 4.69) is 4.98 Å². The van der Waals surface area contributed by atoms with E-state index in [-0.39, 0.29) is 34.1 Å². The number of Topliss-reactive ketones (excluding diaryl/α,β-unsaturated/α-hetero) is 1. The lowest BCUT2D eigenvalue weighted by atomic mass is 9.94. The number of anilines is 1. The maximum Gasteiger partial charge on any atom is 0.350 e. The van der Waals surface area contributed by atoms with Gasteiger partial charge in [-0.1, -0.05) is 23.5 Å². The standard InChI is InChI=1S/C28H26N2O7S/c1-5-36-27(34)25-15(3)29-28(38-25)30-22(16-6-9-19(35-4)10-7-16)21(24(32)26(30)33)23(31)17-8-11-20-18(13-17)12-14(2)37-20/h6-11,13-14,22,31H,5,12H2,1-4H3/t14-,22+/m1/s1. The zero-order valence-electron chi connectivity index (χ0n) is 21.3. The van der Waals surface area contributed by atoms with E-state index in [4.69, 9.17) is 14.2 Å². The van der Waals surface area contributed by atoms with Crippen LogP contribution in [0.15, 0.2) is 48.0 Å². The summed E-state index contributed by atoms with van der Waals surface area (Å²) in [6.45, 7) is 5.48. The fourth-order valence-electron chi connectivity index (χ4n) is 4.73. The molecule has 2 aromatic carbocycles. The predicted octanol–water partition coefficient (Wildman–Crippen LogP) is 4.59. The summed E-state index contributed by atoms with van der Waals surface area (Å²) in [6.07, 6.45) is 0.677. The van der Waals surface area contributed by atoms with Gasteiger partial charge in [-0.2, -0.15) is 0 Å². The minimum absolute atomic E-state index is 0.00834. The molecule has 0 saturated carbocycles. The van der Waals surface area contributed by atoms with E-state index < -0.39 is 23.7 Å². The van der Waals surface area contributed by atoms with Crippen LogP contribution in [-0.4, -0.2) is 47.6 Å². The van der Waals surface area contributed by atoms with Gasteiger partial charge in [0.05, 0.1) is 31.0 Å². The van der Waals surface area contributed by atoms with Crippen molar-refractivity contribution in [3.8, 4) is 11.5 Å². The van der Waals surface area contributed by atoms with Crippen LogP contribution in [0.2, 0.25) is 0 Å². The van der Waals surface area contributed by atoms with Crippen molar-refractivity contribution in [2.75, 3.05) is 18.6 Å². The van der Waals surface area contributed by atoms with Gasteiger partial charge in [0.15, 0.2) is 5.13 Å². The molecule has 1 aromatic heterocycles. The number of methoxy groups -OCH3 is 1. The second kappa shape index (κ2) is 9.94. The number of aryl methyl sites for hydroxylation is 1. The Balaban J connectivity index is 1.66. The Bertz CT molecular complexity index is 1470. The molecule has 0 unspecified atom stereocenters. The van der Waals surface area contributed by atoms with Crippen molar-refractivity contribution in [3.05, 3.63) is 75.3 Å². The number of rotatable bonds is 6. The van der Waals surface area contributed by atoms with Crippen molar-refractivity contribution in [1.82, 2.24) is 4.98 Å². The van der Waals surface area contributed by atoms with Gasteiger partial charge < -0.3 is 19.3 Å². The maximum atomic E-state index is 13.5. The van der Waals surface area contributed by atoms with Crippen LogP contribution >= 0.6 is 11.3 Å². The van der Waals surface area contributed by atoms with E-state index in [1.807, 2.05) is 6.92 Å². The van der Waals surface area contributed by atoms with Crippen molar-refractivity contribution in [1.29, 1.82) is 0 Å². The monoisotopic (exact) mass is 534 g/mol. The van der Waals surface area contributed by atoms with Crippen LogP contribution in [0.1, 0.15) is 51.9 Å². The maximum absolute atomic E-state index is 13.5. The number of aromatic nitrogens is 1. The molecular weight excluding hydrogens is 508 g/mol. The number of amides is 1. The van der Waals surface area contributed by atoms with Crippen molar-refractivity contribution in [3.63, 3.8) is 0 Å². The van der Waals surface area contributed by atoms with Gasteiger partial charge in [-0.15, -0.1) is 0 Å². The number of aliphatic hydroxyl groups excluding tert-OH is 1. The Morgan fingerprint density at radius 2 is 1.95 bits per heavy atom. The van der Waals surface area contributed by atoms with E-state index in [0.717, 1.165) is 22.6 Å². The molecule has 1 fully saturated rings. The number of aliphatic hydroxyl groups is 1. The van der Waals surface area contributed by atoms with Crippen LogP contribution in [0.5, 0.6) is 11.5 Å². The first kappa shape index (κ1) is 25.5. The van der Waals surface area contributed by atoms with Crippen molar-refractivity contribution in [2.45, 2.75) is 39.3 Å². The average Bonchev–Trinajstić information content (AvgIpc) is 3.55. The highest BCUT2D eigenvalue weighted by molar-refractivity contribution is 7.17. The fraction of sp³-hybridized carbons (Fsp3) is 0.286. The molecule has 9 nitrogen and oxygen atoms in total. The molecule has 5 rings (SSSR count). The van der Waals surface area contributed by atoms with Crippen LogP contribution in [0, 0.1) is 6.92 Å². The largest absolute Gasteiger partial charge is 0.507 e. The molecule has 0 bridgehead atoms. The van der Waals surface area contributed by atoms with Gasteiger partial charge in [0.2, 0.25) is 0 Å². The van der Waals surface area contributed by atoms with Crippen LogP contribution in [0.4, 0.5) is 5.13 Å². The first-order chi connectivity index (χ1) is 18.2. The number of carbonyl (C=O) groups is 3. The normalized spacial score (nSPS) is 19.8.